The molecule has 1 fully saturated rings. The van der Waals surface area contributed by atoms with Crippen LogP contribution in [0.25, 0.3) is 21.5 Å². The molecule has 5 nitrogen and oxygen atoms in total. The monoisotopic (exact) mass is 590 g/mol. The van der Waals surface area contributed by atoms with Gasteiger partial charge < -0.3 is 14.9 Å². The number of aromatic hydroxyl groups is 1. The maximum absolute atomic E-state index is 15.1. The summed E-state index contributed by atoms with van der Waals surface area (Å²) in [5, 5.41) is 14.3. The molecule has 2 amide bonds. The molecule has 1 heterocycles. The van der Waals surface area contributed by atoms with Crippen molar-refractivity contribution in [2.24, 2.45) is 0 Å². The number of benzene rings is 6. The summed E-state index contributed by atoms with van der Waals surface area (Å²) in [5.41, 5.74) is 2.32. The number of rotatable bonds is 7. The fourth-order valence-electron chi connectivity index (χ4n) is 6.73. The third kappa shape index (κ3) is 5.65. The van der Waals surface area contributed by atoms with Crippen LogP contribution in [0.2, 0.25) is 0 Å². The first-order valence-electron chi connectivity index (χ1n) is 15.4. The SMILES string of the molecule is O=C(c1ccccc1)N1CCN(Cc2ccc(O)cc2)C(=O)C1(Cc1ccc2ccccc2c1)Cc1ccc2ccccc2c1. The van der Waals surface area contributed by atoms with E-state index in [0.717, 1.165) is 38.2 Å². The lowest BCUT2D eigenvalue weighted by molar-refractivity contribution is -0.149. The van der Waals surface area contributed by atoms with Crippen LogP contribution in [0.15, 0.2) is 140 Å². The second kappa shape index (κ2) is 11.9. The summed E-state index contributed by atoms with van der Waals surface area (Å²) in [6.45, 7) is 1.21. The molecule has 0 aromatic heterocycles. The fourth-order valence-corrected chi connectivity index (χ4v) is 6.73. The maximum atomic E-state index is 15.1. The maximum Gasteiger partial charge on any atom is 0.254 e. The first kappa shape index (κ1) is 28.4. The highest BCUT2D eigenvalue weighted by atomic mass is 16.3. The minimum Gasteiger partial charge on any atom is -0.508 e. The second-order valence-electron chi connectivity index (χ2n) is 12.0. The predicted octanol–water partition coefficient (Wildman–Crippen LogP) is 7.41. The van der Waals surface area contributed by atoms with Crippen molar-refractivity contribution in [1.29, 1.82) is 0 Å². The Hall–Kier alpha value is -5.42. The molecule has 1 aliphatic rings. The Morgan fingerprint density at radius 1 is 0.600 bits per heavy atom. The molecule has 0 saturated carbocycles. The van der Waals surface area contributed by atoms with Gasteiger partial charge in [-0.3, -0.25) is 9.59 Å². The quantitative estimate of drug-likeness (QED) is 0.211. The Morgan fingerprint density at radius 2 is 1.11 bits per heavy atom. The Labute approximate surface area is 263 Å². The van der Waals surface area contributed by atoms with Crippen LogP contribution in [0.4, 0.5) is 0 Å². The van der Waals surface area contributed by atoms with Crippen LogP contribution in [-0.4, -0.2) is 45.3 Å². The molecule has 0 bridgehead atoms. The Bertz CT molecular complexity index is 1920. The van der Waals surface area contributed by atoms with Crippen LogP contribution in [0.3, 0.4) is 0 Å². The van der Waals surface area contributed by atoms with Gasteiger partial charge in [-0.1, -0.05) is 115 Å². The molecular weight excluding hydrogens is 556 g/mol. The number of hydrogen-bond donors (Lipinski definition) is 1. The van der Waals surface area contributed by atoms with E-state index in [9.17, 15) is 9.90 Å². The number of piperazine rings is 1. The molecule has 6 aromatic rings. The van der Waals surface area contributed by atoms with Crippen molar-refractivity contribution in [2.75, 3.05) is 13.1 Å². The van der Waals surface area contributed by atoms with Gasteiger partial charge in [0.1, 0.15) is 11.3 Å². The molecule has 7 rings (SSSR count). The molecule has 1 saturated heterocycles. The number of fused-ring (bicyclic) bond motifs is 2. The van der Waals surface area contributed by atoms with Crippen molar-refractivity contribution in [3.8, 4) is 5.75 Å². The summed E-state index contributed by atoms with van der Waals surface area (Å²) in [7, 11) is 0. The normalized spacial score (nSPS) is 14.6. The number of amides is 2. The molecule has 0 radical (unpaired) electrons. The molecule has 6 aromatic carbocycles. The summed E-state index contributed by atoms with van der Waals surface area (Å²) < 4.78 is 0. The van der Waals surface area contributed by atoms with E-state index in [1.165, 1.54) is 0 Å². The second-order valence-corrected chi connectivity index (χ2v) is 12.0. The molecule has 0 unspecified atom stereocenters. The lowest BCUT2D eigenvalue weighted by atomic mass is 9.79. The van der Waals surface area contributed by atoms with E-state index in [1.54, 1.807) is 12.1 Å². The number of phenolic OH excluding ortho intramolecular Hbond substituents is 1. The van der Waals surface area contributed by atoms with Gasteiger partial charge in [0.05, 0.1) is 0 Å². The minimum absolute atomic E-state index is 0.0765. The van der Waals surface area contributed by atoms with Crippen molar-refractivity contribution in [2.45, 2.75) is 24.9 Å². The summed E-state index contributed by atoms with van der Waals surface area (Å²) >= 11 is 0. The highest BCUT2D eigenvalue weighted by molar-refractivity contribution is 6.00. The van der Waals surface area contributed by atoms with E-state index < -0.39 is 5.54 Å². The van der Waals surface area contributed by atoms with E-state index in [2.05, 4.69) is 60.7 Å². The molecule has 5 heteroatoms. The van der Waals surface area contributed by atoms with Gasteiger partial charge in [0, 0.05) is 38.0 Å². The van der Waals surface area contributed by atoms with Gasteiger partial charge in [0.15, 0.2) is 0 Å². The lowest BCUT2D eigenvalue weighted by Crippen LogP contribution is -2.69. The fraction of sp³-hybridized carbons (Fsp3) is 0.150. The molecule has 1 N–H and O–H groups in total. The first-order valence-corrected chi connectivity index (χ1v) is 15.4. The van der Waals surface area contributed by atoms with E-state index in [0.29, 0.717) is 38.0 Å². The van der Waals surface area contributed by atoms with Crippen LogP contribution in [0, 0.1) is 0 Å². The van der Waals surface area contributed by atoms with Crippen molar-refractivity contribution in [3.63, 3.8) is 0 Å². The van der Waals surface area contributed by atoms with Crippen LogP contribution in [0.5, 0.6) is 5.75 Å². The van der Waals surface area contributed by atoms with Crippen molar-refractivity contribution in [3.05, 3.63) is 162 Å². The van der Waals surface area contributed by atoms with E-state index in [1.807, 2.05) is 76.5 Å². The van der Waals surface area contributed by atoms with Crippen LogP contribution in [-0.2, 0) is 24.2 Å². The van der Waals surface area contributed by atoms with Gasteiger partial charge in [-0.15, -0.1) is 0 Å². The molecule has 1 aliphatic heterocycles. The summed E-state index contributed by atoms with van der Waals surface area (Å²) in [4.78, 5) is 33.2. The Kier molecular flexibility index (Phi) is 7.52. The number of hydrogen-bond acceptors (Lipinski definition) is 3. The van der Waals surface area contributed by atoms with Gasteiger partial charge in [0.25, 0.3) is 5.91 Å². The zero-order chi connectivity index (χ0) is 30.8. The summed E-state index contributed by atoms with van der Waals surface area (Å²) in [5.74, 6) is -0.0347. The van der Waals surface area contributed by atoms with E-state index in [-0.39, 0.29) is 17.6 Å². The number of phenols is 1. The molecule has 0 spiro atoms. The number of carbonyl (C=O) groups excluding carboxylic acids is 2. The van der Waals surface area contributed by atoms with Crippen LogP contribution < -0.4 is 0 Å². The van der Waals surface area contributed by atoms with Gasteiger partial charge >= 0.3 is 0 Å². The van der Waals surface area contributed by atoms with Crippen molar-refractivity contribution in [1.82, 2.24) is 9.80 Å². The average molecular weight is 591 g/mol. The van der Waals surface area contributed by atoms with Gasteiger partial charge in [-0.05, 0) is 62.5 Å². The molecule has 0 aliphatic carbocycles. The Balaban J connectivity index is 1.37. The predicted molar refractivity (Wildman–Crippen MR) is 179 cm³/mol. The third-order valence-electron chi connectivity index (χ3n) is 8.99. The minimum atomic E-state index is -1.17. The summed E-state index contributed by atoms with van der Waals surface area (Å²) in [6.07, 6.45) is 0.738. The van der Waals surface area contributed by atoms with E-state index >= 15 is 4.79 Å². The largest absolute Gasteiger partial charge is 0.508 e. The highest BCUT2D eigenvalue weighted by Crippen LogP contribution is 2.35. The molecule has 45 heavy (non-hydrogen) atoms. The van der Waals surface area contributed by atoms with Crippen LogP contribution in [0.1, 0.15) is 27.0 Å². The van der Waals surface area contributed by atoms with Crippen molar-refractivity contribution < 1.29 is 14.7 Å². The van der Waals surface area contributed by atoms with Gasteiger partial charge in [-0.25, -0.2) is 0 Å². The van der Waals surface area contributed by atoms with Crippen LogP contribution >= 0.6 is 0 Å². The Morgan fingerprint density at radius 3 is 1.69 bits per heavy atom. The summed E-state index contributed by atoms with van der Waals surface area (Å²) in [6, 6.07) is 45.3. The average Bonchev–Trinajstić information content (AvgIpc) is 3.08. The first-order chi connectivity index (χ1) is 22.0. The van der Waals surface area contributed by atoms with E-state index in [4.69, 9.17) is 0 Å². The number of nitrogens with zero attached hydrogens (tertiary/aromatic N) is 2. The standard InChI is InChI=1S/C40H34N2O3/c43-37-20-16-29(17-21-37)28-41-22-23-42(38(44)34-10-2-1-3-11-34)40(39(41)45,26-30-14-18-32-8-4-6-12-35(32)24-30)27-31-15-19-33-9-5-7-13-36(33)25-31/h1-21,24-25,43H,22-23,26-28H2. The smallest absolute Gasteiger partial charge is 0.254 e. The zero-order valence-corrected chi connectivity index (χ0v) is 25.0. The molecular formula is C40H34N2O3. The third-order valence-corrected chi connectivity index (χ3v) is 8.99. The van der Waals surface area contributed by atoms with Gasteiger partial charge in [0.2, 0.25) is 5.91 Å². The lowest BCUT2D eigenvalue weighted by Gasteiger charge is -2.50. The number of carbonyl (C=O) groups is 2. The molecule has 0 atom stereocenters. The van der Waals surface area contributed by atoms with Gasteiger partial charge in [-0.2, -0.15) is 0 Å². The van der Waals surface area contributed by atoms with Crippen molar-refractivity contribution >= 4 is 33.4 Å². The zero-order valence-electron chi connectivity index (χ0n) is 25.0. The highest BCUT2D eigenvalue weighted by Gasteiger charge is 2.51. The molecule has 222 valence electrons. The topological polar surface area (TPSA) is 60.9 Å².